The van der Waals surface area contributed by atoms with Gasteiger partial charge >= 0.3 is 0 Å². The molecule has 5 aromatic rings. The first-order chi connectivity index (χ1) is 21.9. The maximum atomic E-state index is 14.2. The second-order valence-corrected chi connectivity index (χ2v) is 13.5. The van der Waals surface area contributed by atoms with Gasteiger partial charge in [-0.2, -0.15) is 0 Å². The number of ketones is 1. The van der Waals surface area contributed by atoms with Crippen molar-refractivity contribution in [2.24, 2.45) is 0 Å². The number of hydrogen-bond acceptors (Lipinski definition) is 2. The molecule has 0 unspecified atom stereocenters. The van der Waals surface area contributed by atoms with E-state index in [4.69, 9.17) is 0 Å². The van der Waals surface area contributed by atoms with Gasteiger partial charge in [0.25, 0.3) is 0 Å². The van der Waals surface area contributed by atoms with Crippen molar-refractivity contribution in [1.29, 1.82) is 0 Å². The van der Waals surface area contributed by atoms with E-state index in [1.807, 2.05) is 0 Å². The summed E-state index contributed by atoms with van der Waals surface area (Å²) in [6.45, 7) is 9.13. The van der Waals surface area contributed by atoms with Crippen LogP contribution in [-0.2, 0) is 31.1 Å². The molecule has 45 heavy (non-hydrogen) atoms. The van der Waals surface area contributed by atoms with Crippen LogP contribution in [0, 0.1) is 0 Å². The monoisotopic (exact) mass is 589 g/mol. The molecular weight excluding hydrogens is 546 g/mol. The number of aryl methyl sites for hydroxylation is 2. The van der Waals surface area contributed by atoms with Gasteiger partial charge in [0.1, 0.15) is 0 Å². The molecule has 0 spiro atoms. The van der Waals surface area contributed by atoms with Crippen molar-refractivity contribution in [2.75, 3.05) is 4.90 Å². The van der Waals surface area contributed by atoms with Gasteiger partial charge in [-0.3, -0.25) is 4.79 Å². The normalized spacial score (nSPS) is 14.3. The lowest BCUT2D eigenvalue weighted by molar-refractivity contribution is 0.103. The number of fused-ring (bicyclic) bond motifs is 4. The summed E-state index contributed by atoms with van der Waals surface area (Å²) in [6, 6.07) is 37.4. The molecule has 2 nitrogen and oxygen atoms in total. The van der Waals surface area contributed by atoms with E-state index in [0.717, 1.165) is 54.6 Å². The summed E-state index contributed by atoms with van der Waals surface area (Å²) in [5, 5.41) is 0. The van der Waals surface area contributed by atoms with Gasteiger partial charge in [0.05, 0.1) is 0 Å². The van der Waals surface area contributed by atoms with Crippen molar-refractivity contribution in [3.8, 4) is 0 Å². The molecule has 0 fully saturated rings. The van der Waals surface area contributed by atoms with Crippen molar-refractivity contribution < 1.29 is 4.79 Å². The molecule has 0 aliphatic heterocycles. The van der Waals surface area contributed by atoms with Gasteiger partial charge in [-0.25, -0.2) is 0 Å². The number of benzene rings is 5. The highest BCUT2D eigenvalue weighted by molar-refractivity contribution is 6.13. The minimum atomic E-state index is -0.237. The zero-order chi connectivity index (χ0) is 31.1. The van der Waals surface area contributed by atoms with E-state index >= 15 is 0 Å². The van der Waals surface area contributed by atoms with Crippen LogP contribution in [0.3, 0.4) is 0 Å². The fourth-order valence-electron chi connectivity index (χ4n) is 7.61. The Hall–Kier alpha value is -4.43. The summed E-state index contributed by atoms with van der Waals surface area (Å²) in [7, 11) is 0. The molecule has 0 saturated carbocycles. The largest absolute Gasteiger partial charge is 0.310 e. The van der Waals surface area contributed by atoms with Crippen molar-refractivity contribution in [3.63, 3.8) is 0 Å². The average Bonchev–Trinajstić information content (AvgIpc) is 3.06. The van der Waals surface area contributed by atoms with Crippen LogP contribution in [0.4, 0.5) is 17.1 Å². The van der Waals surface area contributed by atoms with Crippen LogP contribution in [0.5, 0.6) is 0 Å². The van der Waals surface area contributed by atoms with E-state index in [0.29, 0.717) is 0 Å². The molecule has 2 heteroatoms. The van der Waals surface area contributed by atoms with Crippen molar-refractivity contribution >= 4 is 22.8 Å². The predicted octanol–water partition coefficient (Wildman–Crippen LogP) is 10.8. The maximum Gasteiger partial charge on any atom is 0.193 e. The number of anilines is 3. The quantitative estimate of drug-likeness (QED) is 0.176. The van der Waals surface area contributed by atoms with Crippen LogP contribution in [0.15, 0.2) is 103 Å². The number of rotatable bonds is 8. The van der Waals surface area contributed by atoms with Gasteiger partial charge in [0.2, 0.25) is 0 Å². The molecule has 5 aromatic carbocycles. The minimum Gasteiger partial charge on any atom is -0.310 e. The molecule has 0 bridgehead atoms. The van der Waals surface area contributed by atoms with Gasteiger partial charge in [0, 0.05) is 33.6 Å². The Kier molecular flexibility index (Phi) is 7.69. The average molecular weight is 590 g/mol. The Balaban J connectivity index is 1.28. The van der Waals surface area contributed by atoms with Crippen molar-refractivity contribution in [1.82, 2.24) is 0 Å². The SMILES string of the molecule is CCCCc1cc2c(cc1CCC)C(=O)c1cc3c(cc1C2(C)C)Cc1cc(N(c2ccccc2)c2ccccc2)ccc1C3. The Morgan fingerprint density at radius 3 is 1.82 bits per heavy atom. The van der Waals surface area contributed by atoms with E-state index in [9.17, 15) is 4.79 Å². The lowest BCUT2D eigenvalue weighted by Crippen LogP contribution is -2.32. The smallest absolute Gasteiger partial charge is 0.193 e. The fourth-order valence-corrected chi connectivity index (χ4v) is 7.61. The molecule has 0 amide bonds. The predicted molar refractivity (Wildman–Crippen MR) is 188 cm³/mol. The zero-order valence-corrected chi connectivity index (χ0v) is 27.1. The maximum absolute atomic E-state index is 14.2. The third-order valence-corrected chi connectivity index (χ3v) is 10.1. The Morgan fingerprint density at radius 1 is 0.578 bits per heavy atom. The highest BCUT2D eigenvalue weighted by atomic mass is 16.1. The molecular formula is C43H43NO. The van der Waals surface area contributed by atoms with Crippen LogP contribution >= 0.6 is 0 Å². The van der Waals surface area contributed by atoms with Crippen molar-refractivity contribution in [2.45, 2.75) is 78.1 Å². The summed E-state index contributed by atoms with van der Waals surface area (Å²) in [5.74, 6) is 0.198. The van der Waals surface area contributed by atoms with E-state index in [1.165, 1.54) is 63.0 Å². The third kappa shape index (κ3) is 5.21. The summed E-state index contributed by atoms with van der Waals surface area (Å²) < 4.78 is 0. The van der Waals surface area contributed by atoms with Crippen LogP contribution in [0.1, 0.15) is 107 Å². The first kappa shape index (κ1) is 29.3. The highest BCUT2D eigenvalue weighted by Gasteiger charge is 2.38. The molecule has 0 N–H and O–H groups in total. The van der Waals surface area contributed by atoms with E-state index in [1.54, 1.807) is 0 Å². The van der Waals surface area contributed by atoms with E-state index in [-0.39, 0.29) is 11.2 Å². The van der Waals surface area contributed by atoms with Gasteiger partial charge in [-0.05, 0) is 125 Å². The van der Waals surface area contributed by atoms with Gasteiger partial charge in [-0.15, -0.1) is 0 Å². The summed E-state index contributed by atoms with van der Waals surface area (Å²) in [5.41, 5.74) is 15.6. The molecule has 0 heterocycles. The first-order valence-corrected chi connectivity index (χ1v) is 16.8. The van der Waals surface area contributed by atoms with Crippen LogP contribution < -0.4 is 4.90 Å². The lowest BCUT2D eigenvalue weighted by Gasteiger charge is -2.37. The standard InChI is InChI=1S/C43H43NO/c1-5-7-15-30-27-40-38(25-29(30)14-6-2)42(45)39-26-33-22-31-20-21-37(24-32(31)23-34(33)28-41(39)43(40,3)4)44(35-16-10-8-11-17-35)36-18-12-9-13-19-36/h8-13,16-21,24-28H,5-7,14-15,22-23H2,1-4H3. The highest BCUT2D eigenvalue weighted by Crippen LogP contribution is 2.45. The molecule has 2 aliphatic carbocycles. The number of nitrogens with zero attached hydrogens (tertiary/aromatic N) is 1. The number of para-hydroxylation sites is 2. The van der Waals surface area contributed by atoms with E-state index < -0.39 is 0 Å². The Labute approximate surface area is 268 Å². The Morgan fingerprint density at radius 2 is 1.16 bits per heavy atom. The summed E-state index contributed by atoms with van der Waals surface area (Å²) >= 11 is 0. The summed E-state index contributed by atoms with van der Waals surface area (Å²) in [6.07, 6.45) is 7.29. The molecule has 7 rings (SSSR count). The second-order valence-electron chi connectivity index (χ2n) is 13.5. The topological polar surface area (TPSA) is 20.3 Å². The molecule has 226 valence electrons. The molecule has 0 saturated heterocycles. The molecule has 0 aromatic heterocycles. The molecule has 0 radical (unpaired) electrons. The third-order valence-electron chi connectivity index (χ3n) is 10.1. The number of unbranched alkanes of at least 4 members (excludes halogenated alkanes) is 1. The number of carbonyl (C=O) groups excluding carboxylic acids is 1. The zero-order valence-electron chi connectivity index (χ0n) is 27.1. The minimum absolute atomic E-state index is 0.198. The fraction of sp³-hybridized carbons (Fsp3) is 0.279. The van der Waals surface area contributed by atoms with Crippen LogP contribution in [0.2, 0.25) is 0 Å². The van der Waals surface area contributed by atoms with Crippen LogP contribution in [0.25, 0.3) is 0 Å². The first-order valence-electron chi connectivity index (χ1n) is 16.8. The van der Waals surface area contributed by atoms with E-state index in [2.05, 4.69) is 136 Å². The van der Waals surface area contributed by atoms with Crippen molar-refractivity contribution in [3.05, 3.63) is 159 Å². The lowest BCUT2D eigenvalue weighted by atomic mass is 9.66. The number of hydrogen-bond donors (Lipinski definition) is 0. The van der Waals surface area contributed by atoms with Gasteiger partial charge < -0.3 is 4.90 Å². The summed E-state index contributed by atoms with van der Waals surface area (Å²) in [4.78, 5) is 16.5. The molecule has 0 atom stereocenters. The molecule has 2 aliphatic rings. The second kappa shape index (κ2) is 11.8. The number of carbonyl (C=O) groups is 1. The van der Waals surface area contributed by atoms with Gasteiger partial charge in [-0.1, -0.05) is 95.1 Å². The van der Waals surface area contributed by atoms with Crippen LogP contribution in [-0.4, -0.2) is 5.78 Å². The Bertz CT molecular complexity index is 1840. The van der Waals surface area contributed by atoms with Gasteiger partial charge in [0.15, 0.2) is 5.78 Å².